The summed E-state index contributed by atoms with van der Waals surface area (Å²) >= 11 is 7.14. The van der Waals surface area contributed by atoms with E-state index >= 15 is 0 Å². The van der Waals surface area contributed by atoms with E-state index in [1.165, 1.54) is 11.3 Å². The summed E-state index contributed by atoms with van der Waals surface area (Å²) < 4.78 is 0.650. The predicted octanol–water partition coefficient (Wildman–Crippen LogP) is 1.17. The third-order valence-electron chi connectivity index (χ3n) is 2.27. The van der Waals surface area contributed by atoms with Gasteiger partial charge in [-0.2, -0.15) is 0 Å². The summed E-state index contributed by atoms with van der Waals surface area (Å²) in [6.07, 6.45) is -0.120. The van der Waals surface area contributed by atoms with Crippen LogP contribution in [0.2, 0.25) is 4.34 Å². The highest BCUT2D eigenvalue weighted by atomic mass is 35.5. The molecule has 20 heavy (non-hydrogen) atoms. The van der Waals surface area contributed by atoms with Gasteiger partial charge in [-0.3, -0.25) is 4.79 Å². The summed E-state index contributed by atoms with van der Waals surface area (Å²) in [5, 5.41) is 21.8. The third kappa shape index (κ3) is 5.89. The molecule has 9 heteroatoms. The number of carboxylic acid groups (broad SMARTS) is 2. The minimum atomic E-state index is -1.45. The third-order valence-corrected chi connectivity index (χ3v) is 3.56. The van der Waals surface area contributed by atoms with E-state index in [0.29, 0.717) is 17.3 Å². The summed E-state index contributed by atoms with van der Waals surface area (Å²) in [5.41, 5.74) is 0. The number of carboxylic acids is 2. The first-order valence-corrected chi connectivity index (χ1v) is 6.81. The van der Waals surface area contributed by atoms with Crippen LogP contribution < -0.4 is 10.6 Å². The number of amides is 2. The highest BCUT2D eigenvalue weighted by molar-refractivity contribution is 7.16. The minimum absolute atomic E-state index is 0.294. The molecule has 0 fully saturated rings. The van der Waals surface area contributed by atoms with Crippen molar-refractivity contribution in [1.82, 2.24) is 10.6 Å². The number of carbonyl (C=O) groups is 3. The molecule has 0 bridgehead atoms. The molecule has 1 aromatic heterocycles. The lowest BCUT2D eigenvalue weighted by atomic mass is 10.2. The standard InChI is InChI=1S/C11H13ClN2O5S/c12-8-2-1-6(20-8)3-4-13-11(19)14-7(10(17)18)5-9(15)16/h1-2,7H,3-5H2,(H,15,16)(H,17,18)(H2,13,14,19)/t7-/m1/s1. The van der Waals surface area contributed by atoms with Crippen molar-refractivity contribution in [2.24, 2.45) is 0 Å². The molecule has 0 unspecified atom stereocenters. The van der Waals surface area contributed by atoms with Crippen molar-refractivity contribution in [2.45, 2.75) is 18.9 Å². The number of halogens is 1. The maximum atomic E-state index is 11.4. The molecule has 110 valence electrons. The van der Waals surface area contributed by atoms with Gasteiger partial charge in [0.1, 0.15) is 6.04 Å². The van der Waals surface area contributed by atoms with E-state index in [2.05, 4.69) is 10.6 Å². The van der Waals surface area contributed by atoms with Gasteiger partial charge in [-0.15, -0.1) is 11.3 Å². The smallest absolute Gasteiger partial charge is 0.326 e. The summed E-state index contributed by atoms with van der Waals surface area (Å²) in [7, 11) is 0. The number of hydrogen-bond donors (Lipinski definition) is 4. The van der Waals surface area contributed by atoms with Crippen LogP contribution in [0.15, 0.2) is 12.1 Å². The largest absolute Gasteiger partial charge is 0.481 e. The van der Waals surface area contributed by atoms with Gasteiger partial charge in [-0.05, 0) is 18.6 Å². The fourth-order valence-corrected chi connectivity index (χ4v) is 2.46. The maximum Gasteiger partial charge on any atom is 0.326 e. The second kappa shape index (κ2) is 7.71. The van der Waals surface area contributed by atoms with Crippen LogP contribution >= 0.6 is 22.9 Å². The summed E-state index contributed by atoms with van der Waals surface area (Å²) in [6.45, 7) is 0.294. The monoisotopic (exact) mass is 320 g/mol. The first kappa shape index (κ1) is 16.3. The molecule has 1 heterocycles. The minimum Gasteiger partial charge on any atom is -0.481 e. The highest BCUT2D eigenvalue weighted by Gasteiger charge is 2.22. The van der Waals surface area contributed by atoms with E-state index in [1.54, 1.807) is 6.07 Å². The molecule has 1 atom stereocenters. The van der Waals surface area contributed by atoms with Gasteiger partial charge in [0.25, 0.3) is 0 Å². The van der Waals surface area contributed by atoms with Crippen molar-refractivity contribution in [3.05, 3.63) is 21.3 Å². The average molecular weight is 321 g/mol. The number of aliphatic carboxylic acids is 2. The number of carbonyl (C=O) groups excluding carboxylic acids is 1. The maximum absolute atomic E-state index is 11.4. The van der Waals surface area contributed by atoms with E-state index in [9.17, 15) is 14.4 Å². The lowest BCUT2D eigenvalue weighted by Gasteiger charge is -2.13. The Balaban J connectivity index is 2.34. The van der Waals surface area contributed by atoms with Gasteiger partial charge < -0.3 is 20.8 Å². The topological polar surface area (TPSA) is 116 Å². The quantitative estimate of drug-likeness (QED) is 0.602. The molecule has 0 spiro atoms. The Morgan fingerprint density at radius 1 is 1.30 bits per heavy atom. The Morgan fingerprint density at radius 3 is 2.50 bits per heavy atom. The second-order valence-corrected chi connectivity index (χ2v) is 5.64. The molecular weight excluding hydrogens is 308 g/mol. The molecule has 2 amide bonds. The molecule has 1 aromatic rings. The van der Waals surface area contributed by atoms with Crippen molar-refractivity contribution < 1.29 is 24.6 Å². The Labute approximate surface area is 123 Å². The number of nitrogens with one attached hydrogen (secondary N) is 2. The second-order valence-electron chi connectivity index (χ2n) is 3.84. The van der Waals surface area contributed by atoms with Gasteiger partial charge >= 0.3 is 18.0 Å². The average Bonchev–Trinajstić information content (AvgIpc) is 2.73. The molecule has 0 aliphatic heterocycles. The van der Waals surface area contributed by atoms with Gasteiger partial charge in [0.2, 0.25) is 0 Å². The number of urea groups is 1. The lowest BCUT2D eigenvalue weighted by molar-refractivity contribution is -0.145. The van der Waals surface area contributed by atoms with E-state index in [0.717, 1.165) is 4.88 Å². The van der Waals surface area contributed by atoms with Crippen molar-refractivity contribution in [2.75, 3.05) is 6.54 Å². The van der Waals surface area contributed by atoms with Crippen LogP contribution in [0.5, 0.6) is 0 Å². The fraction of sp³-hybridized carbons (Fsp3) is 0.364. The summed E-state index contributed by atoms with van der Waals surface area (Å²) in [6, 6.07) is 1.40. The summed E-state index contributed by atoms with van der Waals surface area (Å²) in [4.78, 5) is 33.6. The molecule has 0 aliphatic carbocycles. The number of hydrogen-bond acceptors (Lipinski definition) is 4. The predicted molar refractivity (Wildman–Crippen MR) is 73.2 cm³/mol. The van der Waals surface area contributed by atoms with Crippen LogP contribution in [0, 0.1) is 0 Å². The van der Waals surface area contributed by atoms with E-state index in [4.69, 9.17) is 21.8 Å². The van der Waals surface area contributed by atoms with Gasteiger partial charge in [0, 0.05) is 11.4 Å². The van der Waals surface area contributed by atoms with Crippen molar-refractivity contribution in [1.29, 1.82) is 0 Å². The molecule has 0 saturated carbocycles. The van der Waals surface area contributed by atoms with Crippen molar-refractivity contribution in [3.63, 3.8) is 0 Å². The zero-order valence-electron chi connectivity index (χ0n) is 10.3. The Bertz CT molecular complexity index is 505. The van der Waals surface area contributed by atoms with Crippen LogP contribution in [0.4, 0.5) is 4.79 Å². The van der Waals surface area contributed by atoms with Crippen LogP contribution in [0.25, 0.3) is 0 Å². The first-order chi connectivity index (χ1) is 9.38. The van der Waals surface area contributed by atoms with E-state index < -0.39 is 30.4 Å². The van der Waals surface area contributed by atoms with Gasteiger partial charge in [0.15, 0.2) is 0 Å². The summed E-state index contributed by atoms with van der Waals surface area (Å²) in [5.74, 6) is -2.70. The first-order valence-electron chi connectivity index (χ1n) is 5.61. The van der Waals surface area contributed by atoms with Crippen molar-refractivity contribution >= 4 is 40.9 Å². The Kier molecular flexibility index (Phi) is 6.26. The molecule has 0 saturated heterocycles. The van der Waals surface area contributed by atoms with Crippen molar-refractivity contribution in [3.8, 4) is 0 Å². The van der Waals surface area contributed by atoms with Gasteiger partial charge in [-0.25, -0.2) is 9.59 Å². The molecule has 1 rings (SSSR count). The molecule has 4 N–H and O–H groups in total. The van der Waals surface area contributed by atoms with Crippen LogP contribution in [-0.4, -0.2) is 40.8 Å². The van der Waals surface area contributed by atoms with Crippen LogP contribution in [0.3, 0.4) is 0 Å². The van der Waals surface area contributed by atoms with Gasteiger partial charge in [0.05, 0.1) is 10.8 Å². The van der Waals surface area contributed by atoms with Crippen LogP contribution in [-0.2, 0) is 16.0 Å². The lowest BCUT2D eigenvalue weighted by Crippen LogP contribution is -2.47. The zero-order chi connectivity index (χ0) is 15.1. The van der Waals surface area contributed by atoms with Crippen LogP contribution in [0.1, 0.15) is 11.3 Å². The Morgan fingerprint density at radius 2 is 2.00 bits per heavy atom. The highest BCUT2D eigenvalue weighted by Crippen LogP contribution is 2.21. The molecule has 0 aliphatic rings. The molecule has 7 nitrogen and oxygen atoms in total. The SMILES string of the molecule is O=C(O)C[C@@H](NC(=O)NCCc1ccc(Cl)s1)C(=O)O. The zero-order valence-corrected chi connectivity index (χ0v) is 11.8. The van der Waals surface area contributed by atoms with Gasteiger partial charge in [-0.1, -0.05) is 11.6 Å². The number of rotatable bonds is 7. The Hall–Kier alpha value is -1.80. The number of thiophene rings is 1. The molecule has 0 aromatic carbocycles. The molecular formula is C11H13ClN2O5S. The van der Waals surface area contributed by atoms with E-state index in [1.807, 2.05) is 6.07 Å². The normalized spacial score (nSPS) is 11.7. The van der Waals surface area contributed by atoms with E-state index in [-0.39, 0.29) is 0 Å². The molecule has 0 radical (unpaired) electrons. The fourth-order valence-electron chi connectivity index (χ4n) is 1.37.